The summed E-state index contributed by atoms with van der Waals surface area (Å²) in [6.45, 7) is 0. The SMILES string of the molecule is c1ccc(N(c2ccc3c(c2)c2ccccc2n3-c2ccc3oc4ccccc4c3c2)c2ccc3c(c2)c2ccccc2n3-c2ccc3oc4ccccc4c3c2)cc1. The molecule has 13 rings (SSSR count). The van der Waals surface area contributed by atoms with Gasteiger partial charge in [0, 0.05) is 71.5 Å². The maximum Gasteiger partial charge on any atom is 0.135 e. The molecular formula is C54H33N3O2. The van der Waals surface area contributed by atoms with Gasteiger partial charge in [0.2, 0.25) is 0 Å². The number of nitrogens with zero attached hydrogens (tertiary/aromatic N) is 3. The third kappa shape index (κ3) is 4.73. The molecule has 59 heavy (non-hydrogen) atoms. The second-order valence-electron chi connectivity index (χ2n) is 15.3. The Hall–Kier alpha value is -8.02. The van der Waals surface area contributed by atoms with E-state index in [0.29, 0.717) is 0 Å². The third-order valence-corrected chi connectivity index (χ3v) is 12.1. The van der Waals surface area contributed by atoms with Crippen LogP contribution >= 0.6 is 0 Å². The van der Waals surface area contributed by atoms with Crippen LogP contribution in [0.15, 0.2) is 209 Å². The maximum atomic E-state index is 6.21. The zero-order chi connectivity index (χ0) is 38.6. The zero-order valence-corrected chi connectivity index (χ0v) is 31.7. The summed E-state index contributed by atoms with van der Waals surface area (Å²) in [6, 6.07) is 71.5. The topological polar surface area (TPSA) is 39.4 Å². The largest absolute Gasteiger partial charge is 0.456 e. The van der Waals surface area contributed by atoms with Gasteiger partial charge in [-0.1, -0.05) is 91.0 Å². The molecule has 4 aromatic heterocycles. The summed E-state index contributed by atoms with van der Waals surface area (Å²) in [5, 5.41) is 9.27. The van der Waals surface area contributed by atoms with Gasteiger partial charge in [0.1, 0.15) is 22.3 Å². The fourth-order valence-electron chi connectivity index (χ4n) is 9.49. The van der Waals surface area contributed by atoms with Crippen LogP contribution in [0, 0.1) is 0 Å². The number of para-hydroxylation sites is 5. The van der Waals surface area contributed by atoms with E-state index in [4.69, 9.17) is 8.83 Å². The number of fused-ring (bicyclic) bond motifs is 12. The third-order valence-electron chi connectivity index (χ3n) is 12.1. The van der Waals surface area contributed by atoms with Crippen molar-refractivity contribution in [1.29, 1.82) is 0 Å². The van der Waals surface area contributed by atoms with Crippen LogP contribution in [0.1, 0.15) is 0 Å². The molecule has 13 aromatic rings. The smallest absolute Gasteiger partial charge is 0.135 e. The molecule has 0 aliphatic heterocycles. The minimum atomic E-state index is 0.893. The van der Waals surface area contributed by atoms with Crippen molar-refractivity contribution in [3.63, 3.8) is 0 Å². The van der Waals surface area contributed by atoms with Gasteiger partial charge in [-0.3, -0.25) is 0 Å². The number of furan rings is 2. The van der Waals surface area contributed by atoms with Crippen LogP contribution in [0.3, 0.4) is 0 Å². The van der Waals surface area contributed by atoms with Crippen molar-refractivity contribution < 1.29 is 8.83 Å². The molecule has 276 valence electrons. The molecule has 0 N–H and O–H groups in total. The van der Waals surface area contributed by atoms with Crippen molar-refractivity contribution in [2.24, 2.45) is 0 Å². The average molecular weight is 756 g/mol. The lowest BCUT2D eigenvalue weighted by molar-refractivity contribution is 0.668. The van der Waals surface area contributed by atoms with Gasteiger partial charge in [-0.15, -0.1) is 0 Å². The van der Waals surface area contributed by atoms with E-state index in [2.05, 4.69) is 190 Å². The number of anilines is 3. The maximum absolute atomic E-state index is 6.21. The van der Waals surface area contributed by atoms with E-state index in [9.17, 15) is 0 Å². The van der Waals surface area contributed by atoms with Gasteiger partial charge in [-0.05, 0) is 109 Å². The normalized spacial score (nSPS) is 12.1. The van der Waals surface area contributed by atoms with Gasteiger partial charge in [0.15, 0.2) is 0 Å². The lowest BCUT2D eigenvalue weighted by Crippen LogP contribution is -2.09. The van der Waals surface area contributed by atoms with Gasteiger partial charge in [-0.2, -0.15) is 0 Å². The van der Waals surface area contributed by atoms with Gasteiger partial charge in [0.25, 0.3) is 0 Å². The van der Waals surface area contributed by atoms with Crippen LogP contribution in [0.2, 0.25) is 0 Å². The molecule has 5 heteroatoms. The lowest BCUT2D eigenvalue weighted by atomic mass is 10.1. The standard InChI is InChI=1S/C54H33N3O2/c1-2-12-34(13-3-1)55(35-22-26-49-43(30-35)39-14-4-8-18-47(39)56(49)37-24-28-53-45(32-37)41-16-6-10-20-51(41)58-53)36-23-27-50-44(31-36)40-15-5-9-19-48(40)57(50)38-25-29-54-46(33-38)42-17-7-11-21-52(42)59-54/h1-33H. The molecule has 0 aliphatic carbocycles. The Morgan fingerprint density at radius 2 is 0.678 bits per heavy atom. The van der Waals surface area contributed by atoms with Crippen LogP contribution in [0.5, 0.6) is 0 Å². The first kappa shape index (κ1) is 32.1. The number of hydrogen-bond acceptors (Lipinski definition) is 3. The molecule has 0 aliphatic rings. The van der Waals surface area contributed by atoms with Crippen LogP contribution in [0.4, 0.5) is 17.1 Å². The van der Waals surface area contributed by atoms with Crippen LogP contribution in [0.25, 0.3) is 98.9 Å². The van der Waals surface area contributed by atoms with Crippen molar-refractivity contribution in [2.45, 2.75) is 0 Å². The number of hydrogen-bond donors (Lipinski definition) is 0. The van der Waals surface area contributed by atoms with E-state index in [1.807, 2.05) is 24.3 Å². The van der Waals surface area contributed by atoms with E-state index in [1.54, 1.807) is 0 Å². The second-order valence-corrected chi connectivity index (χ2v) is 15.3. The molecular weight excluding hydrogens is 723 g/mol. The molecule has 0 bridgehead atoms. The summed E-state index contributed by atoms with van der Waals surface area (Å²) in [5.41, 5.74) is 13.7. The minimum Gasteiger partial charge on any atom is -0.456 e. The van der Waals surface area contributed by atoms with E-state index in [-0.39, 0.29) is 0 Å². The van der Waals surface area contributed by atoms with Gasteiger partial charge in [0.05, 0.1) is 22.1 Å². The first-order valence-electron chi connectivity index (χ1n) is 20.0. The monoisotopic (exact) mass is 755 g/mol. The Balaban J connectivity index is 0.999. The molecule has 0 spiro atoms. The summed E-state index contributed by atoms with van der Waals surface area (Å²) in [5.74, 6) is 0. The highest BCUT2D eigenvalue weighted by molar-refractivity contribution is 6.14. The molecule has 0 saturated heterocycles. The second kappa shape index (κ2) is 12.2. The molecule has 4 heterocycles. The van der Waals surface area contributed by atoms with E-state index in [1.165, 1.54) is 21.5 Å². The van der Waals surface area contributed by atoms with Crippen molar-refractivity contribution >= 4 is 105 Å². The summed E-state index contributed by atoms with van der Waals surface area (Å²) < 4.78 is 17.2. The number of aromatic nitrogens is 2. The highest BCUT2D eigenvalue weighted by atomic mass is 16.3. The molecule has 9 aromatic carbocycles. The minimum absolute atomic E-state index is 0.893. The van der Waals surface area contributed by atoms with Crippen LogP contribution < -0.4 is 4.90 Å². The van der Waals surface area contributed by atoms with Crippen molar-refractivity contribution in [1.82, 2.24) is 9.13 Å². The van der Waals surface area contributed by atoms with Gasteiger partial charge < -0.3 is 22.9 Å². The average Bonchev–Trinajstić information content (AvgIpc) is 4.04. The van der Waals surface area contributed by atoms with Gasteiger partial charge in [-0.25, -0.2) is 0 Å². The van der Waals surface area contributed by atoms with Crippen LogP contribution in [-0.4, -0.2) is 9.13 Å². The summed E-state index contributed by atoms with van der Waals surface area (Å²) >= 11 is 0. The fourth-order valence-corrected chi connectivity index (χ4v) is 9.49. The molecule has 0 fully saturated rings. The predicted octanol–water partition coefficient (Wildman–Crippen LogP) is 15.1. The molecule has 5 nitrogen and oxygen atoms in total. The van der Waals surface area contributed by atoms with Crippen molar-refractivity contribution in [2.75, 3.05) is 4.90 Å². The van der Waals surface area contributed by atoms with Crippen LogP contribution in [-0.2, 0) is 0 Å². The molecule has 0 radical (unpaired) electrons. The predicted molar refractivity (Wildman–Crippen MR) is 244 cm³/mol. The van der Waals surface area contributed by atoms with E-state index >= 15 is 0 Å². The Morgan fingerprint density at radius 3 is 1.19 bits per heavy atom. The highest BCUT2D eigenvalue weighted by Gasteiger charge is 2.21. The lowest BCUT2D eigenvalue weighted by Gasteiger charge is -2.26. The Kier molecular flexibility index (Phi) is 6.66. The zero-order valence-electron chi connectivity index (χ0n) is 31.7. The first-order chi connectivity index (χ1) is 29.2. The first-order valence-corrected chi connectivity index (χ1v) is 20.0. The Morgan fingerprint density at radius 1 is 0.271 bits per heavy atom. The quantitative estimate of drug-likeness (QED) is 0.176. The van der Waals surface area contributed by atoms with Crippen molar-refractivity contribution in [3.05, 3.63) is 200 Å². The summed E-state index contributed by atoms with van der Waals surface area (Å²) in [4.78, 5) is 2.38. The highest BCUT2D eigenvalue weighted by Crippen LogP contribution is 2.43. The summed E-state index contributed by atoms with van der Waals surface area (Å²) in [7, 11) is 0. The van der Waals surface area contributed by atoms with E-state index < -0.39 is 0 Å². The van der Waals surface area contributed by atoms with E-state index in [0.717, 1.165) is 94.4 Å². The number of rotatable bonds is 5. The summed E-state index contributed by atoms with van der Waals surface area (Å²) in [6.07, 6.45) is 0. The fraction of sp³-hybridized carbons (Fsp3) is 0. The Bertz CT molecular complexity index is 3580. The number of benzene rings is 9. The van der Waals surface area contributed by atoms with Crippen molar-refractivity contribution in [3.8, 4) is 11.4 Å². The Labute approximate surface area is 337 Å². The molecule has 0 amide bonds. The molecule has 0 saturated carbocycles. The van der Waals surface area contributed by atoms with Gasteiger partial charge >= 0.3 is 0 Å². The molecule has 0 atom stereocenters. The molecule has 0 unspecified atom stereocenters.